The first-order chi connectivity index (χ1) is 23.4. The van der Waals surface area contributed by atoms with Crippen LogP contribution in [0.15, 0.2) is 78.0 Å². The number of ketones is 1. The molecular formula is C39H45N5O4S. The molecule has 0 radical (unpaired) electrons. The van der Waals surface area contributed by atoms with Crippen LogP contribution >= 0.6 is 0 Å². The molecule has 2 atom stereocenters. The molecule has 1 aliphatic rings. The molecule has 9 nitrogen and oxygen atoms in total. The summed E-state index contributed by atoms with van der Waals surface area (Å²) in [6.07, 6.45) is 4.36. The van der Waals surface area contributed by atoms with E-state index in [9.17, 15) is 13.2 Å². The van der Waals surface area contributed by atoms with E-state index in [1.54, 1.807) is 35.9 Å². The number of sulfonamides is 1. The molecule has 0 aliphatic carbocycles. The summed E-state index contributed by atoms with van der Waals surface area (Å²) in [6, 6.07) is 19.3. The number of nitrogens with zero attached hydrogens (tertiary/aromatic N) is 5. The molecule has 256 valence electrons. The Morgan fingerprint density at radius 1 is 1.08 bits per heavy atom. The Bertz CT molecular complexity index is 2120. The Kier molecular flexibility index (Phi) is 9.48. The first kappa shape index (κ1) is 34.5. The van der Waals surface area contributed by atoms with Gasteiger partial charge < -0.3 is 4.74 Å². The number of aromatic nitrogens is 4. The third-order valence-electron chi connectivity index (χ3n) is 10.1. The third-order valence-corrected chi connectivity index (χ3v) is 12.0. The van der Waals surface area contributed by atoms with E-state index >= 15 is 0 Å². The van der Waals surface area contributed by atoms with E-state index in [0.717, 1.165) is 50.0 Å². The van der Waals surface area contributed by atoms with Gasteiger partial charge in [0.1, 0.15) is 22.6 Å². The van der Waals surface area contributed by atoms with E-state index in [1.165, 1.54) is 0 Å². The molecule has 0 fully saturated rings. The van der Waals surface area contributed by atoms with Gasteiger partial charge in [0.2, 0.25) is 10.0 Å². The summed E-state index contributed by atoms with van der Waals surface area (Å²) in [7, 11) is -2.09. The molecule has 6 rings (SSSR count). The monoisotopic (exact) mass is 679 g/mol. The number of carbonyl (C=O) groups is 1. The standard InChI is InChI=1S/C39H45N5O4S/c1-8-44-38-33(48-7)21-32(27(4)37(38)41-42-44)36(39(5,6)35(45)19-28-12-11-17-40-22-28)30-16-15-26(3)31(20-30)24-43-23-25(2)18-29-13-9-10-14-34(29)49(43,46)47/h9-17,20-22,25,36H,8,18-19,23-24H2,1-7H3/t25-,36+/m1/s1. The van der Waals surface area contributed by atoms with Gasteiger partial charge in [-0.05, 0) is 90.3 Å². The number of benzene rings is 3. The van der Waals surface area contributed by atoms with Gasteiger partial charge >= 0.3 is 0 Å². The van der Waals surface area contributed by atoms with E-state index in [4.69, 9.17) is 4.74 Å². The third kappa shape index (κ3) is 6.39. The van der Waals surface area contributed by atoms with Gasteiger partial charge in [-0.1, -0.05) is 68.4 Å². The molecule has 3 aromatic carbocycles. The molecule has 2 aromatic heterocycles. The van der Waals surface area contributed by atoms with Gasteiger partial charge in [-0.25, -0.2) is 13.1 Å². The topological polar surface area (TPSA) is 107 Å². The molecule has 10 heteroatoms. The summed E-state index contributed by atoms with van der Waals surface area (Å²) >= 11 is 0. The minimum absolute atomic E-state index is 0.0591. The van der Waals surface area contributed by atoms with Gasteiger partial charge in [0.05, 0.1) is 12.0 Å². The maximum Gasteiger partial charge on any atom is 0.243 e. The lowest BCUT2D eigenvalue weighted by Crippen LogP contribution is -2.35. The highest BCUT2D eigenvalue weighted by atomic mass is 32.2. The lowest BCUT2D eigenvalue weighted by atomic mass is 9.66. The second kappa shape index (κ2) is 13.5. The van der Waals surface area contributed by atoms with E-state index in [0.29, 0.717) is 30.2 Å². The van der Waals surface area contributed by atoms with Crippen LogP contribution < -0.4 is 4.74 Å². The number of ether oxygens (including phenoxy) is 1. The van der Waals surface area contributed by atoms with Crippen LogP contribution in [-0.2, 0) is 40.7 Å². The predicted octanol–water partition coefficient (Wildman–Crippen LogP) is 6.82. The van der Waals surface area contributed by atoms with Crippen molar-refractivity contribution in [1.82, 2.24) is 24.3 Å². The fraction of sp³-hybridized carbons (Fsp3) is 0.385. The summed E-state index contributed by atoms with van der Waals surface area (Å²) in [5, 5.41) is 8.95. The maximum absolute atomic E-state index is 14.4. The van der Waals surface area contributed by atoms with Crippen LogP contribution in [0.5, 0.6) is 5.75 Å². The smallest absolute Gasteiger partial charge is 0.243 e. The van der Waals surface area contributed by atoms with Crippen LogP contribution in [0.3, 0.4) is 0 Å². The summed E-state index contributed by atoms with van der Waals surface area (Å²) in [6.45, 7) is 13.4. The normalized spacial score (nSPS) is 17.0. The number of hydrogen-bond donors (Lipinski definition) is 0. The van der Waals surface area contributed by atoms with Crippen molar-refractivity contribution in [2.45, 2.75) is 78.3 Å². The predicted molar refractivity (Wildman–Crippen MR) is 191 cm³/mol. The Balaban J connectivity index is 1.50. The van der Waals surface area contributed by atoms with Crippen LogP contribution in [0.4, 0.5) is 0 Å². The molecule has 0 unspecified atom stereocenters. The SMILES string of the molecule is CCn1nnc2c(C)c([C@H](c3ccc(C)c(CN4C[C@H](C)Cc5ccccc5S4(=O)=O)c3)C(C)(C)C(=O)Cc3cccnc3)cc(OC)c21. The quantitative estimate of drug-likeness (QED) is 0.159. The Morgan fingerprint density at radius 3 is 2.57 bits per heavy atom. The van der Waals surface area contributed by atoms with E-state index in [2.05, 4.69) is 34.4 Å². The zero-order chi connectivity index (χ0) is 35.1. The number of methoxy groups -OCH3 is 1. The van der Waals surface area contributed by atoms with Gasteiger partial charge in [-0.15, -0.1) is 5.10 Å². The molecule has 3 heterocycles. The van der Waals surface area contributed by atoms with Gasteiger partial charge in [0, 0.05) is 49.8 Å². The van der Waals surface area contributed by atoms with Crippen LogP contribution in [-0.4, -0.2) is 52.1 Å². The molecular weight excluding hydrogens is 635 g/mol. The highest BCUT2D eigenvalue weighted by molar-refractivity contribution is 7.89. The summed E-state index contributed by atoms with van der Waals surface area (Å²) in [4.78, 5) is 19.0. The van der Waals surface area contributed by atoms with Gasteiger partial charge in [-0.2, -0.15) is 4.31 Å². The highest BCUT2D eigenvalue weighted by Crippen LogP contribution is 2.47. The summed E-state index contributed by atoms with van der Waals surface area (Å²) in [5.74, 6) is 0.431. The van der Waals surface area contributed by atoms with Crippen molar-refractivity contribution in [2.75, 3.05) is 13.7 Å². The molecule has 5 aromatic rings. The second-order valence-corrected chi connectivity index (χ2v) is 15.8. The van der Waals surface area contributed by atoms with Crippen molar-refractivity contribution >= 4 is 26.8 Å². The zero-order valence-electron chi connectivity index (χ0n) is 29.4. The van der Waals surface area contributed by atoms with E-state index in [1.807, 2.05) is 75.7 Å². The van der Waals surface area contributed by atoms with Crippen molar-refractivity contribution in [3.05, 3.63) is 112 Å². The average Bonchev–Trinajstić information content (AvgIpc) is 3.49. The molecule has 49 heavy (non-hydrogen) atoms. The van der Waals surface area contributed by atoms with Crippen LogP contribution in [0.2, 0.25) is 0 Å². The Labute approximate surface area is 289 Å². The minimum atomic E-state index is -3.73. The largest absolute Gasteiger partial charge is 0.494 e. The van der Waals surface area contributed by atoms with Gasteiger partial charge in [0.15, 0.2) is 0 Å². The number of Topliss-reactive ketones (excluding diaryl/α,β-unsaturated/α-hetero) is 1. The van der Waals surface area contributed by atoms with Crippen molar-refractivity contribution in [2.24, 2.45) is 11.3 Å². The van der Waals surface area contributed by atoms with Crippen LogP contribution in [0, 0.1) is 25.2 Å². The number of rotatable bonds is 10. The van der Waals surface area contributed by atoms with E-state index in [-0.39, 0.29) is 24.7 Å². The molecule has 0 saturated carbocycles. The van der Waals surface area contributed by atoms with Crippen molar-refractivity contribution < 1.29 is 17.9 Å². The number of carbonyl (C=O) groups excluding carboxylic acids is 1. The number of hydrogen-bond acceptors (Lipinski definition) is 7. The molecule has 0 bridgehead atoms. The fourth-order valence-corrected chi connectivity index (χ4v) is 9.10. The fourth-order valence-electron chi connectivity index (χ4n) is 7.33. The lowest BCUT2D eigenvalue weighted by molar-refractivity contribution is -0.127. The number of fused-ring (bicyclic) bond motifs is 2. The minimum Gasteiger partial charge on any atom is -0.494 e. The zero-order valence-corrected chi connectivity index (χ0v) is 30.2. The molecule has 0 saturated heterocycles. The van der Waals surface area contributed by atoms with Crippen LogP contribution in [0.1, 0.15) is 72.6 Å². The number of aryl methyl sites for hydroxylation is 3. The summed E-state index contributed by atoms with van der Waals surface area (Å²) < 4.78 is 37.5. The van der Waals surface area contributed by atoms with E-state index < -0.39 is 21.4 Å². The van der Waals surface area contributed by atoms with Crippen molar-refractivity contribution in [3.63, 3.8) is 0 Å². The summed E-state index contributed by atoms with van der Waals surface area (Å²) in [5.41, 5.74) is 6.99. The lowest BCUT2D eigenvalue weighted by Gasteiger charge is -2.36. The van der Waals surface area contributed by atoms with Crippen LogP contribution in [0.25, 0.3) is 11.0 Å². The second-order valence-electron chi connectivity index (χ2n) is 13.9. The molecule has 0 N–H and O–H groups in total. The van der Waals surface area contributed by atoms with Gasteiger partial charge in [-0.3, -0.25) is 9.78 Å². The molecule has 0 amide bonds. The maximum atomic E-state index is 14.4. The van der Waals surface area contributed by atoms with Gasteiger partial charge in [0.25, 0.3) is 0 Å². The van der Waals surface area contributed by atoms with Crippen molar-refractivity contribution in [1.29, 1.82) is 0 Å². The molecule has 0 spiro atoms. The number of pyridine rings is 1. The first-order valence-electron chi connectivity index (χ1n) is 16.9. The highest BCUT2D eigenvalue weighted by Gasteiger charge is 2.41. The van der Waals surface area contributed by atoms with Crippen molar-refractivity contribution in [3.8, 4) is 5.75 Å². The first-order valence-corrected chi connectivity index (χ1v) is 18.3. The average molecular weight is 680 g/mol. The Hall–Kier alpha value is -4.41. The molecule has 1 aliphatic heterocycles. The Morgan fingerprint density at radius 2 is 1.86 bits per heavy atom.